The van der Waals surface area contributed by atoms with Crippen LogP contribution >= 0.6 is 23.2 Å². The number of esters is 1. The molecule has 1 aliphatic rings. The molecule has 1 fully saturated rings. The van der Waals surface area contributed by atoms with Crippen LogP contribution in [-0.2, 0) is 19.6 Å². The summed E-state index contributed by atoms with van der Waals surface area (Å²) < 4.78 is 44.4. The van der Waals surface area contributed by atoms with Gasteiger partial charge in [0.15, 0.2) is 5.82 Å². The predicted molar refractivity (Wildman–Crippen MR) is 75.3 cm³/mol. The zero-order valence-corrected chi connectivity index (χ0v) is 13.3. The molecule has 0 aliphatic carbocycles. The van der Waals surface area contributed by atoms with Gasteiger partial charge in [0.1, 0.15) is 10.9 Å². The Bertz CT molecular complexity index is 680. The number of hydrogen-bond donors (Lipinski definition) is 0. The van der Waals surface area contributed by atoms with Gasteiger partial charge in [0.2, 0.25) is 10.0 Å². The number of carbonyl (C=O) groups excluding carboxylic acids is 1. The summed E-state index contributed by atoms with van der Waals surface area (Å²) in [5, 5.41) is -0.858. The number of hydrogen-bond acceptors (Lipinski definition) is 4. The summed E-state index contributed by atoms with van der Waals surface area (Å²) in [5.74, 6) is -1.66. The summed E-state index contributed by atoms with van der Waals surface area (Å²) >= 11 is 11.3. The van der Waals surface area contributed by atoms with Crippen molar-refractivity contribution in [2.75, 3.05) is 13.7 Å². The van der Waals surface area contributed by atoms with Crippen molar-refractivity contribution in [1.29, 1.82) is 0 Å². The van der Waals surface area contributed by atoms with Crippen molar-refractivity contribution < 1.29 is 22.3 Å². The number of carbonyl (C=O) groups is 1. The van der Waals surface area contributed by atoms with Crippen molar-refractivity contribution in [3.63, 3.8) is 0 Å². The number of benzene rings is 1. The minimum Gasteiger partial charge on any atom is -0.468 e. The normalized spacial score (nSPS) is 19.7. The van der Waals surface area contributed by atoms with Gasteiger partial charge < -0.3 is 4.74 Å². The summed E-state index contributed by atoms with van der Waals surface area (Å²) in [5.41, 5.74) is 0. The van der Waals surface area contributed by atoms with E-state index in [2.05, 4.69) is 4.74 Å². The number of methoxy groups -OCH3 is 1. The van der Waals surface area contributed by atoms with Crippen LogP contribution in [0.15, 0.2) is 17.0 Å². The minimum absolute atomic E-state index is 0.142. The molecule has 9 heteroatoms. The van der Waals surface area contributed by atoms with Gasteiger partial charge in [0.05, 0.1) is 17.2 Å². The van der Waals surface area contributed by atoms with Gasteiger partial charge in [-0.1, -0.05) is 23.2 Å². The molecule has 1 saturated heterocycles. The van der Waals surface area contributed by atoms with Crippen molar-refractivity contribution >= 4 is 39.2 Å². The van der Waals surface area contributed by atoms with E-state index in [-0.39, 0.29) is 11.6 Å². The molecule has 116 valence electrons. The Kier molecular flexibility index (Phi) is 4.77. The van der Waals surface area contributed by atoms with Gasteiger partial charge in [-0.3, -0.25) is 4.79 Å². The first-order chi connectivity index (χ1) is 9.80. The number of sulfonamides is 1. The molecule has 0 N–H and O–H groups in total. The van der Waals surface area contributed by atoms with Crippen molar-refractivity contribution in [3.05, 3.63) is 28.0 Å². The van der Waals surface area contributed by atoms with E-state index in [9.17, 15) is 17.6 Å². The van der Waals surface area contributed by atoms with E-state index in [0.717, 1.165) is 16.4 Å². The van der Waals surface area contributed by atoms with Crippen LogP contribution in [0.2, 0.25) is 10.0 Å². The highest BCUT2D eigenvalue weighted by Crippen LogP contribution is 2.34. The highest BCUT2D eigenvalue weighted by molar-refractivity contribution is 7.89. The second-order valence-electron chi connectivity index (χ2n) is 4.47. The number of rotatable bonds is 3. The fourth-order valence-electron chi connectivity index (χ4n) is 2.23. The summed E-state index contributed by atoms with van der Waals surface area (Å²) in [6.45, 7) is 0.142. The van der Waals surface area contributed by atoms with Gasteiger partial charge >= 0.3 is 5.97 Å². The minimum atomic E-state index is -4.11. The van der Waals surface area contributed by atoms with Crippen LogP contribution in [0, 0.1) is 5.82 Å². The Hall–Kier alpha value is -0.890. The lowest BCUT2D eigenvalue weighted by Gasteiger charge is -2.22. The molecule has 0 spiro atoms. The Labute approximate surface area is 131 Å². The van der Waals surface area contributed by atoms with Crippen molar-refractivity contribution in [3.8, 4) is 0 Å². The third-order valence-electron chi connectivity index (χ3n) is 3.26. The second kappa shape index (κ2) is 6.08. The quantitative estimate of drug-likeness (QED) is 0.617. The van der Waals surface area contributed by atoms with Crippen LogP contribution in [0.4, 0.5) is 4.39 Å². The highest BCUT2D eigenvalue weighted by Gasteiger charge is 2.41. The van der Waals surface area contributed by atoms with Crippen molar-refractivity contribution in [2.45, 2.75) is 23.8 Å². The zero-order valence-electron chi connectivity index (χ0n) is 11.0. The summed E-state index contributed by atoms with van der Waals surface area (Å²) in [6.07, 6.45) is 0.853. The molecule has 0 bridgehead atoms. The van der Waals surface area contributed by atoms with Gasteiger partial charge in [0.25, 0.3) is 0 Å². The van der Waals surface area contributed by atoms with Crippen LogP contribution in [0.5, 0.6) is 0 Å². The van der Waals surface area contributed by atoms with Crippen LogP contribution in [0.3, 0.4) is 0 Å². The first-order valence-electron chi connectivity index (χ1n) is 6.04. The Morgan fingerprint density at radius 3 is 2.71 bits per heavy atom. The van der Waals surface area contributed by atoms with E-state index < -0.39 is 37.8 Å². The molecular formula is C12H12Cl2FNO4S. The highest BCUT2D eigenvalue weighted by atomic mass is 35.5. The predicted octanol–water partition coefficient (Wildman–Crippen LogP) is 2.46. The third-order valence-corrected chi connectivity index (χ3v) is 5.99. The van der Waals surface area contributed by atoms with Crippen LogP contribution in [-0.4, -0.2) is 38.4 Å². The number of halogens is 3. The summed E-state index contributed by atoms with van der Waals surface area (Å²) in [6, 6.07) is 1.31. The lowest BCUT2D eigenvalue weighted by atomic mass is 10.2. The van der Waals surface area contributed by atoms with E-state index in [4.69, 9.17) is 23.2 Å². The lowest BCUT2D eigenvalue weighted by molar-refractivity contribution is -0.144. The molecule has 1 heterocycles. The molecule has 0 amide bonds. The van der Waals surface area contributed by atoms with Crippen molar-refractivity contribution in [1.82, 2.24) is 4.31 Å². The third kappa shape index (κ3) is 2.88. The largest absolute Gasteiger partial charge is 0.468 e. The SMILES string of the molecule is COC(=O)C1CCCN1S(=O)(=O)c1ccc(Cl)c(F)c1Cl. The Morgan fingerprint density at radius 1 is 1.43 bits per heavy atom. The Balaban J connectivity index is 2.47. The summed E-state index contributed by atoms with van der Waals surface area (Å²) in [7, 11) is -2.93. The van der Waals surface area contributed by atoms with Gasteiger partial charge in [-0.15, -0.1) is 0 Å². The lowest BCUT2D eigenvalue weighted by Crippen LogP contribution is -2.41. The van der Waals surface area contributed by atoms with E-state index in [1.807, 2.05) is 0 Å². The molecule has 2 rings (SSSR count). The van der Waals surface area contributed by atoms with Crippen LogP contribution in [0.1, 0.15) is 12.8 Å². The van der Waals surface area contributed by atoms with Gasteiger partial charge in [-0.25, -0.2) is 12.8 Å². The molecule has 21 heavy (non-hydrogen) atoms. The maximum atomic E-state index is 13.7. The average Bonchev–Trinajstić information content (AvgIpc) is 2.94. The molecular weight excluding hydrogens is 344 g/mol. The second-order valence-corrected chi connectivity index (χ2v) is 7.11. The number of nitrogens with zero attached hydrogens (tertiary/aromatic N) is 1. The Morgan fingerprint density at radius 2 is 2.10 bits per heavy atom. The van der Waals surface area contributed by atoms with Crippen LogP contribution < -0.4 is 0 Å². The molecule has 0 aromatic heterocycles. The van der Waals surface area contributed by atoms with E-state index >= 15 is 0 Å². The zero-order chi connectivity index (χ0) is 15.8. The van der Waals surface area contributed by atoms with E-state index in [1.54, 1.807) is 0 Å². The maximum absolute atomic E-state index is 13.7. The standard InChI is InChI=1S/C12H12Cl2FNO4S/c1-20-12(17)8-3-2-6-16(8)21(18,19)9-5-4-7(13)11(15)10(9)14/h4-5,8H,2-3,6H2,1H3. The molecule has 5 nitrogen and oxygen atoms in total. The molecule has 0 saturated carbocycles. The first-order valence-corrected chi connectivity index (χ1v) is 8.23. The van der Waals surface area contributed by atoms with Gasteiger partial charge in [-0.2, -0.15) is 4.31 Å². The average molecular weight is 356 g/mol. The fourth-order valence-corrected chi connectivity index (χ4v) is 4.60. The monoisotopic (exact) mass is 355 g/mol. The smallest absolute Gasteiger partial charge is 0.324 e. The first kappa shape index (κ1) is 16.5. The van der Waals surface area contributed by atoms with E-state index in [0.29, 0.717) is 12.8 Å². The van der Waals surface area contributed by atoms with Crippen LogP contribution in [0.25, 0.3) is 0 Å². The molecule has 1 aromatic rings. The van der Waals surface area contributed by atoms with Gasteiger partial charge in [-0.05, 0) is 25.0 Å². The van der Waals surface area contributed by atoms with Crippen molar-refractivity contribution in [2.24, 2.45) is 0 Å². The summed E-state index contributed by atoms with van der Waals surface area (Å²) in [4.78, 5) is 11.2. The van der Waals surface area contributed by atoms with Gasteiger partial charge in [0, 0.05) is 6.54 Å². The fraction of sp³-hybridized carbons (Fsp3) is 0.417. The molecule has 1 aliphatic heterocycles. The number of ether oxygens (including phenoxy) is 1. The maximum Gasteiger partial charge on any atom is 0.324 e. The topological polar surface area (TPSA) is 63.7 Å². The van der Waals surface area contributed by atoms with E-state index in [1.165, 1.54) is 7.11 Å². The molecule has 0 radical (unpaired) electrons. The molecule has 1 unspecified atom stereocenters. The molecule has 1 aromatic carbocycles. The molecule has 1 atom stereocenters.